The van der Waals surface area contributed by atoms with Crippen molar-refractivity contribution in [1.29, 1.82) is 0 Å². The topological polar surface area (TPSA) is 64.0 Å². The smallest absolute Gasteiger partial charge is 0.417 e. The number of aryl methyl sites for hydroxylation is 1. The second-order valence-electron chi connectivity index (χ2n) is 8.61. The lowest BCUT2D eigenvalue weighted by atomic mass is 10.1. The van der Waals surface area contributed by atoms with Crippen molar-refractivity contribution < 1.29 is 27.4 Å². The van der Waals surface area contributed by atoms with E-state index in [1.54, 1.807) is 18.9 Å². The molecular formula is C26H28F3N3O4. The molecular weight excluding hydrogens is 475 g/mol. The SMILES string of the molecule is CCn1c(=O)cc(C(F)(F)F)c2ccc(OCC(=O)N3CCN(Cc4ccc(OC)cc4)CC3)cc21. The van der Waals surface area contributed by atoms with E-state index in [9.17, 15) is 22.8 Å². The van der Waals surface area contributed by atoms with E-state index in [1.165, 1.54) is 22.8 Å². The number of carbonyl (C=O) groups is 1. The van der Waals surface area contributed by atoms with Crippen LogP contribution in [0, 0.1) is 0 Å². The summed E-state index contributed by atoms with van der Waals surface area (Å²) in [7, 11) is 1.63. The number of ether oxygens (including phenoxy) is 2. The molecule has 10 heteroatoms. The number of pyridine rings is 1. The van der Waals surface area contributed by atoms with Crippen LogP contribution in [0.1, 0.15) is 18.1 Å². The fraction of sp³-hybridized carbons (Fsp3) is 0.385. The van der Waals surface area contributed by atoms with E-state index in [-0.39, 0.29) is 35.7 Å². The Kier molecular flexibility index (Phi) is 7.53. The molecule has 4 rings (SSSR count). The van der Waals surface area contributed by atoms with Crippen LogP contribution in [-0.2, 0) is 24.1 Å². The van der Waals surface area contributed by atoms with Crippen LogP contribution in [-0.4, -0.2) is 60.2 Å². The monoisotopic (exact) mass is 503 g/mol. The summed E-state index contributed by atoms with van der Waals surface area (Å²) in [6, 6.07) is 12.5. The van der Waals surface area contributed by atoms with Gasteiger partial charge in [-0.3, -0.25) is 14.5 Å². The largest absolute Gasteiger partial charge is 0.497 e. The van der Waals surface area contributed by atoms with Crippen LogP contribution in [0.25, 0.3) is 10.9 Å². The van der Waals surface area contributed by atoms with Gasteiger partial charge in [-0.05, 0) is 36.8 Å². The van der Waals surface area contributed by atoms with E-state index >= 15 is 0 Å². The summed E-state index contributed by atoms with van der Waals surface area (Å²) >= 11 is 0. The number of hydrogen-bond donors (Lipinski definition) is 0. The third-order valence-corrected chi connectivity index (χ3v) is 6.36. The number of alkyl halides is 3. The molecule has 1 aromatic heterocycles. The van der Waals surface area contributed by atoms with Gasteiger partial charge in [-0.25, -0.2) is 0 Å². The number of piperazine rings is 1. The van der Waals surface area contributed by atoms with Crippen LogP contribution in [0.15, 0.2) is 53.3 Å². The summed E-state index contributed by atoms with van der Waals surface area (Å²) < 4.78 is 52.4. The van der Waals surface area contributed by atoms with Crippen molar-refractivity contribution >= 4 is 16.8 Å². The van der Waals surface area contributed by atoms with E-state index in [1.807, 2.05) is 24.3 Å². The molecule has 3 aromatic rings. The van der Waals surface area contributed by atoms with E-state index in [4.69, 9.17) is 9.47 Å². The highest BCUT2D eigenvalue weighted by atomic mass is 19.4. The molecule has 0 saturated carbocycles. The second-order valence-corrected chi connectivity index (χ2v) is 8.61. The first-order chi connectivity index (χ1) is 17.2. The van der Waals surface area contributed by atoms with E-state index < -0.39 is 17.3 Å². The van der Waals surface area contributed by atoms with Gasteiger partial charge in [0.2, 0.25) is 0 Å². The first kappa shape index (κ1) is 25.6. The van der Waals surface area contributed by atoms with Gasteiger partial charge in [0.1, 0.15) is 11.5 Å². The van der Waals surface area contributed by atoms with E-state index in [0.717, 1.165) is 30.9 Å². The molecule has 0 atom stereocenters. The minimum atomic E-state index is -4.65. The number of carbonyl (C=O) groups excluding carboxylic acids is 1. The average molecular weight is 504 g/mol. The molecule has 1 aliphatic rings. The highest BCUT2D eigenvalue weighted by Gasteiger charge is 2.34. The number of rotatable bonds is 7. The Morgan fingerprint density at radius 1 is 0.972 bits per heavy atom. The molecule has 1 fully saturated rings. The summed E-state index contributed by atoms with van der Waals surface area (Å²) in [6.45, 7) is 4.97. The van der Waals surface area contributed by atoms with Crippen molar-refractivity contribution in [2.45, 2.75) is 26.2 Å². The highest BCUT2D eigenvalue weighted by molar-refractivity contribution is 5.85. The van der Waals surface area contributed by atoms with Crippen LogP contribution >= 0.6 is 0 Å². The van der Waals surface area contributed by atoms with Gasteiger partial charge in [-0.2, -0.15) is 13.2 Å². The zero-order valence-corrected chi connectivity index (χ0v) is 20.2. The summed E-state index contributed by atoms with van der Waals surface area (Å²) in [5, 5.41) is -0.0874. The Bertz CT molecular complexity index is 1280. The maximum Gasteiger partial charge on any atom is 0.417 e. The van der Waals surface area contributed by atoms with Crippen LogP contribution in [0.3, 0.4) is 0 Å². The normalized spacial score (nSPS) is 14.8. The first-order valence-electron chi connectivity index (χ1n) is 11.7. The quantitative estimate of drug-likeness (QED) is 0.491. The summed E-state index contributed by atoms with van der Waals surface area (Å²) in [5.74, 6) is 0.838. The highest BCUT2D eigenvalue weighted by Crippen LogP contribution is 2.35. The zero-order valence-electron chi connectivity index (χ0n) is 20.2. The third kappa shape index (κ3) is 5.64. The molecule has 7 nitrogen and oxygen atoms in total. The Hall–Kier alpha value is -3.53. The summed E-state index contributed by atoms with van der Waals surface area (Å²) in [6.07, 6.45) is -4.65. The molecule has 0 radical (unpaired) electrons. The van der Waals surface area contributed by atoms with Crippen molar-refractivity contribution in [3.05, 3.63) is 70.0 Å². The standard InChI is InChI=1S/C26H28F3N3O4/c1-3-32-23-14-20(8-9-21(23)22(15-24(32)33)26(27,28)29)36-17-25(34)31-12-10-30(11-13-31)16-18-4-6-19(35-2)7-5-18/h4-9,14-15H,3,10-13,16-17H2,1-2H3. The minimum absolute atomic E-state index is 0.0874. The molecule has 0 unspecified atom stereocenters. The number of hydrogen-bond acceptors (Lipinski definition) is 5. The number of nitrogens with zero attached hydrogens (tertiary/aromatic N) is 3. The van der Waals surface area contributed by atoms with Gasteiger partial charge >= 0.3 is 6.18 Å². The van der Waals surface area contributed by atoms with Crippen LogP contribution < -0.4 is 15.0 Å². The lowest BCUT2D eigenvalue weighted by Gasteiger charge is -2.34. The number of amides is 1. The lowest BCUT2D eigenvalue weighted by Crippen LogP contribution is -2.49. The molecule has 1 amide bonds. The van der Waals surface area contributed by atoms with Crippen molar-refractivity contribution in [2.75, 3.05) is 39.9 Å². The molecule has 2 heterocycles. The predicted molar refractivity (Wildman–Crippen MR) is 129 cm³/mol. The molecule has 0 spiro atoms. The van der Waals surface area contributed by atoms with Gasteiger partial charge < -0.3 is 18.9 Å². The minimum Gasteiger partial charge on any atom is -0.497 e. The number of fused-ring (bicyclic) bond motifs is 1. The molecule has 0 bridgehead atoms. The molecule has 0 N–H and O–H groups in total. The number of methoxy groups -OCH3 is 1. The number of benzene rings is 2. The molecule has 1 aliphatic heterocycles. The Morgan fingerprint density at radius 2 is 1.64 bits per heavy atom. The predicted octanol–water partition coefficient (Wildman–Crippen LogP) is 3.77. The zero-order chi connectivity index (χ0) is 25.9. The third-order valence-electron chi connectivity index (χ3n) is 6.36. The van der Waals surface area contributed by atoms with Crippen molar-refractivity contribution in [3.63, 3.8) is 0 Å². The second kappa shape index (κ2) is 10.6. The fourth-order valence-corrected chi connectivity index (χ4v) is 4.39. The van der Waals surface area contributed by atoms with Crippen molar-refractivity contribution in [2.24, 2.45) is 0 Å². The van der Waals surface area contributed by atoms with Crippen LogP contribution in [0.4, 0.5) is 13.2 Å². The van der Waals surface area contributed by atoms with Gasteiger partial charge in [0.15, 0.2) is 6.61 Å². The van der Waals surface area contributed by atoms with Gasteiger partial charge in [0.05, 0.1) is 18.2 Å². The molecule has 1 saturated heterocycles. The van der Waals surface area contributed by atoms with Crippen LogP contribution in [0.2, 0.25) is 0 Å². The summed E-state index contributed by atoms with van der Waals surface area (Å²) in [5.41, 5.74) is -0.440. The summed E-state index contributed by atoms with van der Waals surface area (Å²) in [4.78, 5) is 28.9. The molecule has 192 valence electrons. The van der Waals surface area contributed by atoms with Gasteiger partial charge in [-0.15, -0.1) is 0 Å². The van der Waals surface area contributed by atoms with Gasteiger partial charge in [0, 0.05) is 56.8 Å². The van der Waals surface area contributed by atoms with Gasteiger partial charge in [-0.1, -0.05) is 12.1 Å². The maximum absolute atomic E-state index is 13.4. The maximum atomic E-state index is 13.4. The van der Waals surface area contributed by atoms with Crippen molar-refractivity contribution in [3.8, 4) is 11.5 Å². The van der Waals surface area contributed by atoms with Crippen LogP contribution in [0.5, 0.6) is 11.5 Å². The Balaban J connectivity index is 1.37. The Labute approximate surface area is 206 Å². The molecule has 36 heavy (non-hydrogen) atoms. The number of halogens is 3. The Morgan fingerprint density at radius 3 is 2.25 bits per heavy atom. The molecule has 0 aliphatic carbocycles. The lowest BCUT2D eigenvalue weighted by molar-refractivity contribution is -0.136. The van der Waals surface area contributed by atoms with E-state index in [0.29, 0.717) is 19.2 Å². The van der Waals surface area contributed by atoms with Crippen molar-refractivity contribution in [1.82, 2.24) is 14.4 Å². The van der Waals surface area contributed by atoms with Gasteiger partial charge in [0.25, 0.3) is 11.5 Å². The van der Waals surface area contributed by atoms with E-state index in [2.05, 4.69) is 4.90 Å². The first-order valence-corrected chi connectivity index (χ1v) is 11.7. The average Bonchev–Trinajstić information content (AvgIpc) is 2.87. The number of aromatic nitrogens is 1. The fourth-order valence-electron chi connectivity index (χ4n) is 4.39. The molecule has 2 aromatic carbocycles.